The molecule has 0 aromatic heterocycles. The topological polar surface area (TPSA) is 191 Å². The summed E-state index contributed by atoms with van der Waals surface area (Å²) < 4.78 is 30.9. The molecule has 346 valence electrons. The lowest BCUT2D eigenvalue weighted by Crippen LogP contribution is -2.69. The summed E-state index contributed by atoms with van der Waals surface area (Å²) in [5.74, 6) is -2.76. The van der Waals surface area contributed by atoms with Crippen molar-refractivity contribution in [2.75, 3.05) is 19.8 Å². The van der Waals surface area contributed by atoms with E-state index in [2.05, 4.69) is 24.5 Å². The normalized spacial score (nSPS) is 25.3. The van der Waals surface area contributed by atoms with Crippen LogP contribution in [0.2, 0.25) is 0 Å². The third-order valence-electron chi connectivity index (χ3n) is 12.2. The minimum absolute atomic E-state index is 0.0234. The first-order valence-electron chi connectivity index (χ1n) is 22.7. The summed E-state index contributed by atoms with van der Waals surface area (Å²) >= 11 is 0. The number of ether oxygens (including phenoxy) is 5. The van der Waals surface area contributed by atoms with E-state index in [0.717, 1.165) is 49.7 Å². The van der Waals surface area contributed by atoms with Crippen molar-refractivity contribution in [3.63, 3.8) is 0 Å². The number of rotatable bonds is 23. The Bertz CT molecular complexity index is 1910. The molecule has 7 unspecified atom stereocenters. The van der Waals surface area contributed by atoms with Crippen molar-refractivity contribution < 1.29 is 57.9 Å². The first-order valence-corrected chi connectivity index (χ1v) is 22.7. The molecule has 0 spiro atoms. The van der Waals surface area contributed by atoms with E-state index in [1.807, 2.05) is 24.3 Å². The van der Waals surface area contributed by atoms with Gasteiger partial charge < -0.3 is 44.5 Å². The highest BCUT2D eigenvalue weighted by atomic mass is 16.8. The highest BCUT2D eigenvalue weighted by Gasteiger charge is 2.76. The molecule has 0 radical (unpaired) electrons. The van der Waals surface area contributed by atoms with Crippen molar-refractivity contribution in [2.45, 2.75) is 166 Å². The van der Waals surface area contributed by atoms with Crippen molar-refractivity contribution in [3.05, 3.63) is 77.0 Å². The van der Waals surface area contributed by atoms with Crippen molar-refractivity contribution in [2.24, 2.45) is 5.41 Å². The molecule has 2 amide bonds. The summed E-state index contributed by atoms with van der Waals surface area (Å²) in [6, 6.07) is 12.6. The van der Waals surface area contributed by atoms with Crippen LogP contribution >= 0.6 is 0 Å². The largest absolute Gasteiger partial charge is 0.499 e. The van der Waals surface area contributed by atoms with Crippen LogP contribution < -0.4 is 10.6 Å². The van der Waals surface area contributed by atoms with Gasteiger partial charge in [-0.05, 0) is 74.9 Å². The van der Waals surface area contributed by atoms with Crippen LogP contribution in [0.5, 0.6) is 0 Å². The summed E-state index contributed by atoms with van der Waals surface area (Å²) in [4.78, 5) is 61.9. The van der Waals surface area contributed by atoms with Crippen LogP contribution in [0, 0.1) is 5.41 Å². The van der Waals surface area contributed by atoms with E-state index < -0.39 is 77.1 Å². The van der Waals surface area contributed by atoms with Crippen LogP contribution in [0.4, 0.5) is 0 Å². The number of hydrogen-bond acceptors (Lipinski definition) is 13. The maximum Gasteiger partial charge on any atom is 0.327 e. The first-order chi connectivity index (χ1) is 30.3. The van der Waals surface area contributed by atoms with Crippen molar-refractivity contribution in [3.8, 4) is 0 Å². The molecule has 4 aliphatic rings. The molecule has 4 fully saturated rings. The van der Waals surface area contributed by atoms with Crippen LogP contribution in [0.25, 0.3) is 6.08 Å². The second-order valence-corrected chi connectivity index (χ2v) is 18.2. The number of aliphatic hydroxyl groups is 2. The number of carbonyl (C=O) groups is 4. The number of carbonyl (C=O) groups excluding carboxylic acids is 4. The van der Waals surface area contributed by atoms with Gasteiger partial charge in [-0.1, -0.05) is 75.9 Å². The number of amides is 2. The van der Waals surface area contributed by atoms with E-state index in [4.69, 9.17) is 28.5 Å². The molecule has 1 aliphatic carbocycles. The van der Waals surface area contributed by atoms with E-state index in [-0.39, 0.29) is 52.2 Å². The number of hydroxylamine groups is 2. The number of hydrogen-bond donors (Lipinski definition) is 4. The second kappa shape index (κ2) is 21.5. The molecule has 1 saturated carbocycles. The summed E-state index contributed by atoms with van der Waals surface area (Å²) in [7, 11) is 0. The summed E-state index contributed by atoms with van der Waals surface area (Å²) in [6.45, 7) is 9.44. The van der Waals surface area contributed by atoms with Crippen LogP contribution in [-0.4, -0.2) is 107 Å². The number of fused-ring (bicyclic) bond motifs is 4. The highest BCUT2D eigenvalue weighted by Crippen LogP contribution is 2.58. The predicted octanol–water partition coefficient (Wildman–Crippen LogP) is 5.64. The Kier molecular flexibility index (Phi) is 16.4. The third kappa shape index (κ3) is 11.5. The summed E-state index contributed by atoms with van der Waals surface area (Å²) in [5, 5.41) is 26.6. The Hall–Kier alpha value is -4.38. The predicted molar refractivity (Wildman–Crippen MR) is 232 cm³/mol. The monoisotopic (exact) mass is 877 g/mol. The van der Waals surface area contributed by atoms with Gasteiger partial charge in [0, 0.05) is 37.8 Å². The molecule has 3 aliphatic heterocycles. The van der Waals surface area contributed by atoms with Gasteiger partial charge in [-0.2, -0.15) is 5.06 Å². The lowest BCUT2D eigenvalue weighted by atomic mass is 9.62. The van der Waals surface area contributed by atoms with Crippen molar-refractivity contribution in [1.82, 2.24) is 15.7 Å². The van der Waals surface area contributed by atoms with Gasteiger partial charge in [0.25, 0.3) is 5.91 Å². The Morgan fingerprint density at radius 2 is 1.71 bits per heavy atom. The minimum atomic E-state index is -1.42. The zero-order valence-corrected chi connectivity index (χ0v) is 37.5. The number of unbranched alkanes of at least 4 members (excludes halogenated alkanes) is 4. The van der Waals surface area contributed by atoms with Gasteiger partial charge in [0.15, 0.2) is 11.8 Å². The molecule has 4 N–H and O–H groups in total. The number of aliphatic hydroxyl groups excluding tert-OH is 2. The van der Waals surface area contributed by atoms with Crippen LogP contribution in [-0.2, 0) is 56.0 Å². The molecule has 6 rings (SSSR count). The zero-order valence-electron chi connectivity index (χ0n) is 37.5. The van der Waals surface area contributed by atoms with Crippen molar-refractivity contribution >= 4 is 29.8 Å². The fourth-order valence-corrected chi connectivity index (χ4v) is 9.28. The van der Waals surface area contributed by atoms with E-state index in [1.165, 1.54) is 6.26 Å². The van der Waals surface area contributed by atoms with Gasteiger partial charge in [-0.15, -0.1) is 0 Å². The molecule has 2 aromatic rings. The van der Waals surface area contributed by atoms with Crippen molar-refractivity contribution in [1.29, 1.82) is 0 Å². The van der Waals surface area contributed by atoms with Crippen LogP contribution in [0.15, 0.2) is 54.8 Å². The van der Waals surface area contributed by atoms with Crippen LogP contribution in [0.3, 0.4) is 0 Å². The lowest BCUT2D eigenvalue weighted by molar-refractivity contribution is -0.224. The molecule has 3 heterocycles. The average Bonchev–Trinajstić information content (AvgIpc) is 3.81. The Morgan fingerprint density at radius 3 is 2.41 bits per heavy atom. The number of nitrogens with zero attached hydrogens (tertiary/aromatic N) is 1. The molecule has 15 nitrogen and oxygen atoms in total. The Labute approximate surface area is 371 Å². The van der Waals surface area contributed by atoms with Gasteiger partial charge in [0.1, 0.15) is 42.0 Å². The molecule has 3 saturated heterocycles. The number of benzene rings is 2. The highest BCUT2D eigenvalue weighted by molar-refractivity contribution is 5.95. The van der Waals surface area contributed by atoms with E-state index in [0.29, 0.717) is 24.0 Å². The molecule has 7 atom stereocenters. The fourth-order valence-electron chi connectivity index (χ4n) is 9.28. The van der Waals surface area contributed by atoms with Gasteiger partial charge in [0.2, 0.25) is 5.91 Å². The average molecular weight is 878 g/mol. The maximum absolute atomic E-state index is 15.1. The van der Waals surface area contributed by atoms with Gasteiger partial charge in [-0.25, -0.2) is 0 Å². The second-order valence-electron chi connectivity index (χ2n) is 18.2. The Balaban J connectivity index is 1.25. The summed E-state index contributed by atoms with van der Waals surface area (Å²) in [6.07, 6.45) is 7.89. The smallest absolute Gasteiger partial charge is 0.327 e. The lowest BCUT2D eigenvalue weighted by Gasteiger charge is -2.48. The van der Waals surface area contributed by atoms with Crippen LogP contribution in [0.1, 0.15) is 132 Å². The third-order valence-corrected chi connectivity index (χ3v) is 12.2. The van der Waals surface area contributed by atoms with E-state index in [1.54, 1.807) is 56.2 Å². The minimum Gasteiger partial charge on any atom is -0.499 e. The summed E-state index contributed by atoms with van der Waals surface area (Å²) in [5.41, 5.74) is 0.482. The van der Waals surface area contributed by atoms with Gasteiger partial charge in [-0.3, -0.25) is 24.0 Å². The SMILES string of the molecule is CCCCCC1(CCCCC)OC2C3CC4(C(=O)NCc5cccc(C(=O)NC(CO)CCC(=O)OC(C)(C)C)c5)C(ON(Cc5ccccc5C=COCCO)C4C(=O)O3)C2O1. The van der Waals surface area contributed by atoms with Gasteiger partial charge >= 0.3 is 11.9 Å². The standard InChI is InChI=1S/C48H67N3O12/c1-6-8-12-22-47(23-13-9-7-2)61-39-37-28-48(45(57)49-29-32-15-14-18-34(27-32)43(55)50-36(31-53)19-20-38(54)60-46(3,4)5)41(44(56)59-37)51(63-42(48)40(39)62-47)30-35-17-11-10-16-33(35)21-25-58-26-24-52/h10-11,14-18,21,25,27,36-37,39-42,52-53H,6-9,12-13,19-20,22-24,26,28-31H2,1-5H3,(H,49,57)(H,50,55). The molecular formula is C48H67N3O12. The molecule has 2 aromatic carbocycles. The zero-order chi connectivity index (χ0) is 45.2. The molecule has 15 heteroatoms. The first kappa shape index (κ1) is 48.1. The quantitative estimate of drug-likeness (QED) is 0.0611. The molecule has 2 bridgehead atoms. The maximum atomic E-state index is 15.1. The molecule has 63 heavy (non-hydrogen) atoms. The number of nitrogens with one attached hydrogen (secondary N) is 2. The van der Waals surface area contributed by atoms with E-state index >= 15 is 4.79 Å². The van der Waals surface area contributed by atoms with E-state index in [9.17, 15) is 24.6 Å². The Morgan fingerprint density at radius 1 is 0.984 bits per heavy atom. The van der Waals surface area contributed by atoms with Gasteiger partial charge in [0.05, 0.1) is 32.1 Å². The molecular weight excluding hydrogens is 811 g/mol. The number of esters is 2. The fraction of sp³-hybridized carbons (Fsp3) is 0.625.